The molecule has 1 aliphatic heterocycles. The van der Waals surface area contributed by atoms with Gasteiger partial charge in [0.15, 0.2) is 0 Å². The first kappa shape index (κ1) is 36.6. The minimum atomic E-state index is -1.13. The van der Waals surface area contributed by atoms with Crippen LogP contribution >= 0.6 is 0 Å². The number of carboxylic acids is 1. The standard InChI is InChI=1S/C36H42N4O9/c1-39(2)23-7-10-27-30(19-23)49-31-20-24(40(3)4)8-11-28(31)34(27)29-18-22(6-9-26(29)36(45)46)35(44)38-15-5-17-47-21-25(14-16-41)48-33(43)13-12-32(37)42/h6-11,18-20,25,41H,5,12-17,21H2,1-4H3,(H3-,37,38,42,44,45,46)/p+2. The summed E-state index contributed by atoms with van der Waals surface area (Å²) in [4.78, 5) is 50.6. The molecule has 2 amide bonds. The van der Waals surface area contributed by atoms with Crippen LogP contribution in [-0.2, 0) is 19.1 Å². The van der Waals surface area contributed by atoms with Crippen molar-refractivity contribution in [2.45, 2.75) is 31.8 Å². The molecule has 2 aliphatic rings. The lowest BCUT2D eigenvalue weighted by atomic mass is 9.89. The van der Waals surface area contributed by atoms with E-state index < -0.39 is 23.9 Å². The van der Waals surface area contributed by atoms with Crippen molar-refractivity contribution in [2.75, 3.05) is 59.5 Å². The van der Waals surface area contributed by atoms with Gasteiger partial charge in [0.2, 0.25) is 11.3 Å². The first-order valence-corrected chi connectivity index (χ1v) is 15.9. The van der Waals surface area contributed by atoms with Crippen LogP contribution < -0.4 is 25.9 Å². The second-order valence-corrected chi connectivity index (χ2v) is 12.0. The van der Waals surface area contributed by atoms with E-state index in [0.29, 0.717) is 39.8 Å². The largest absolute Gasteiger partial charge is 0.478 e. The van der Waals surface area contributed by atoms with Gasteiger partial charge in [0, 0.05) is 73.6 Å². The second kappa shape index (κ2) is 16.7. The Morgan fingerprint density at radius 1 is 1.02 bits per heavy atom. The first-order chi connectivity index (χ1) is 23.4. The highest BCUT2D eigenvalue weighted by Gasteiger charge is 2.24. The maximum absolute atomic E-state index is 13.3. The molecule has 4 rings (SSSR count). The van der Waals surface area contributed by atoms with E-state index in [4.69, 9.17) is 24.7 Å². The lowest BCUT2D eigenvalue weighted by Gasteiger charge is -2.19. The van der Waals surface area contributed by atoms with Crippen molar-refractivity contribution < 1.29 is 43.3 Å². The Morgan fingerprint density at radius 3 is 2.47 bits per heavy atom. The molecule has 6 N–H and O–H groups in total. The third kappa shape index (κ3) is 9.42. The molecule has 1 heterocycles. The molecule has 49 heavy (non-hydrogen) atoms. The second-order valence-electron chi connectivity index (χ2n) is 12.0. The van der Waals surface area contributed by atoms with Gasteiger partial charge in [-0.1, -0.05) is 0 Å². The Balaban J connectivity index is 1.54. The van der Waals surface area contributed by atoms with Crippen molar-refractivity contribution >= 4 is 40.4 Å². The zero-order valence-corrected chi connectivity index (χ0v) is 28.2. The Morgan fingerprint density at radius 2 is 1.80 bits per heavy atom. The van der Waals surface area contributed by atoms with Crippen LogP contribution in [0.4, 0.5) is 5.69 Å². The Kier molecular flexibility index (Phi) is 12.5. The van der Waals surface area contributed by atoms with Gasteiger partial charge in [-0.25, -0.2) is 9.37 Å². The summed E-state index contributed by atoms with van der Waals surface area (Å²) in [6.07, 6.45) is -0.141. The fourth-order valence-corrected chi connectivity index (χ4v) is 5.29. The number of rotatable bonds is 16. The third-order valence-electron chi connectivity index (χ3n) is 7.90. The number of benzene rings is 3. The molecular weight excluding hydrogens is 632 g/mol. The van der Waals surface area contributed by atoms with Crippen molar-refractivity contribution in [3.8, 4) is 22.5 Å². The Labute approximate surface area is 283 Å². The average molecular weight is 677 g/mol. The highest BCUT2D eigenvalue weighted by atomic mass is 16.6. The number of amides is 2. The normalized spacial score (nSPS) is 11.7. The zero-order valence-electron chi connectivity index (χ0n) is 28.2. The van der Waals surface area contributed by atoms with Crippen LogP contribution in [0.1, 0.15) is 46.4 Å². The molecule has 13 nitrogen and oxygen atoms in total. The summed E-state index contributed by atoms with van der Waals surface area (Å²) in [7, 11) is 7.70. The van der Waals surface area contributed by atoms with Crippen molar-refractivity contribution in [1.82, 2.24) is 9.89 Å². The van der Waals surface area contributed by atoms with Crippen molar-refractivity contribution in [3.63, 3.8) is 0 Å². The van der Waals surface area contributed by atoms with Crippen molar-refractivity contribution in [3.05, 3.63) is 71.1 Å². The number of nitrogens with zero attached hydrogens (tertiary/aromatic N) is 2. The molecule has 0 bridgehead atoms. The van der Waals surface area contributed by atoms with Crippen molar-refractivity contribution in [1.29, 1.82) is 0 Å². The molecular formula is C36H44N4O9+2. The van der Waals surface area contributed by atoms with Crippen LogP contribution in [-0.4, -0.2) is 94.6 Å². The summed E-state index contributed by atoms with van der Waals surface area (Å²) in [6, 6.07) is 16.0. The number of carbonyl (C=O) groups excluding carboxylic acids is 3. The molecule has 260 valence electrons. The molecule has 2 aromatic carbocycles. The topological polar surface area (TPSA) is 187 Å². The summed E-state index contributed by atoms with van der Waals surface area (Å²) >= 11 is 0. The molecule has 1 atom stereocenters. The highest BCUT2D eigenvalue weighted by molar-refractivity contribution is 6.09. The van der Waals surface area contributed by atoms with Crippen LogP contribution in [0.5, 0.6) is 0 Å². The summed E-state index contributed by atoms with van der Waals surface area (Å²) < 4.78 is 19.2. The maximum Gasteiger partial charge on any atom is 0.336 e. The maximum atomic E-state index is 13.3. The smallest absolute Gasteiger partial charge is 0.336 e. The Hall–Kier alpha value is -5.27. The molecule has 0 saturated heterocycles. The fourth-order valence-electron chi connectivity index (χ4n) is 5.29. The van der Waals surface area contributed by atoms with Gasteiger partial charge in [0.25, 0.3) is 5.91 Å². The Bertz CT molecular complexity index is 1880. The molecule has 0 aromatic heterocycles. The van der Waals surface area contributed by atoms with E-state index in [9.17, 15) is 24.3 Å². The number of esters is 1. The fraction of sp³-hybridized carbons (Fsp3) is 0.361. The van der Waals surface area contributed by atoms with Gasteiger partial charge < -0.3 is 40.1 Å². The molecule has 2 aromatic rings. The van der Waals surface area contributed by atoms with Gasteiger partial charge in [-0.05, 0) is 48.4 Å². The summed E-state index contributed by atoms with van der Waals surface area (Å²) in [6.45, 7) is 0.638. The number of anilines is 1. The molecule has 1 aliphatic carbocycles. The van der Waals surface area contributed by atoms with Gasteiger partial charge in [-0.15, -0.1) is 0 Å². The lowest BCUT2D eigenvalue weighted by molar-refractivity contribution is -0.153. The monoisotopic (exact) mass is 676 g/mol. The quantitative estimate of drug-likeness (QED) is 0.0527. The van der Waals surface area contributed by atoms with Gasteiger partial charge in [-0.3, -0.25) is 14.4 Å². The number of nitrogens with two attached hydrogens (primary N) is 1. The molecule has 0 saturated carbocycles. The summed E-state index contributed by atoms with van der Waals surface area (Å²) in [5, 5.41) is 22.1. The molecule has 0 spiro atoms. The minimum absolute atomic E-state index is 0.0351. The van der Waals surface area contributed by atoms with Crippen molar-refractivity contribution in [2.24, 2.45) is 5.73 Å². The van der Waals surface area contributed by atoms with E-state index in [1.807, 2.05) is 74.1 Å². The van der Waals surface area contributed by atoms with E-state index in [1.54, 1.807) is 6.07 Å². The molecule has 13 heteroatoms. The molecule has 0 radical (unpaired) electrons. The van der Waals surface area contributed by atoms with E-state index in [0.717, 1.165) is 11.0 Å². The van der Waals surface area contributed by atoms with Crippen LogP contribution in [0.3, 0.4) is 0 Å². The number of aromatic carboxylic acids is 1. The number of fused-ring (bicyclic) bond motifs is 2. The van der Waals surface area contributed by atoms with Gasteiger partial charge in [-0.2, -0.15) is 0 Å². The SMILES string of the molecule is CN(C)c1ccc2c(-c3cc(C(=O)NCCCOCC(CC[OH2+])OC(=O)CCC(N)=O)ccc3C(=O)O)c3ccc(=[N+](C)C)cc-3oc2c1. The number of hydrogen-bond acceptors (Lipinski definition) is 8. The minimum Gasteiger partial charge on any atom is -0.478 e. The van der Waals surface area contributed by atoms with E-state index in [2.05, 4.69) is 5.32 Å². The van der Waals surface area contributed by atoms with Crippen LogP contribution in [0.25, 0.3) is 33.4 Å². The number of carbonyl (C=O) groups is 4. The van der Waals surface area contributed by atoms with Gasteiger partial charge in [0.1, 0.15) is 38.1 Å². The van der Waals surface area contributed by atoms with Gasteiger partial charge >= 0.3 is 11.9 Å². The number of ether oxygens (including phenoxy) is 2. The number of nitrogens with one attached hydrogen (secondary N) is 1. The number of carboxylic acid groups (broad SMARTS) is 1. The number of primary amides is 1. The summed E-state index contributed by atoms with van der Waals surface area (Å²) in [5.74, 6) is -2.12. The van der Waals surface area contributed by atoms with Crippen LogP contribution in [0, 0.1) is 0 Å². The molecule has 1 unspecified atom stereocenters. The van der Waals surface area contributed by atoms with E-state index in [-0.39, 0.29) is 62.7 Å². The average Bonchev–Trinajstić information content (AvgIpc) is 3.06. The van der Waals surface area contributed by atoms with E-state index >= 15 is 0 Å². The van der Waals surface area contributed by atoms with Crippen LogP contribution in [0.15, 0.2) is 59.0 Å². The number of hydrogen-bond donors (Lipinski definition) is 3. The third-order valence-corrected chi connectivity index (χ3v) is 7.90. The summed E-state index contributed by atoms with van der Waals surface area (Å²) in [5.41, 5.74) is 8.62. The lowest BCUT2D eigenvalue weighted by Crippen LogP contribution is -2.27. The highest BCUT2D eigenvalue weighted by Crippen LogP contribution is 2.42. The zero-order chi connectivity index (χ0) is 35.7. The van der Waals surface area contributed by atoms with Crippen LogP contribution in [0.2, 0.25) is 0 Å². The first-order valence-electron chi connectivity index (χ1n) is 15.9. The predicted molar refractivity (Wildman–Crippen MR) is 186 cm³/mol. The molecule has 0 fully saturated rings. The van der Waals surface area contributed by atoms with E-state index in [1.165, 1.54) is 12.1 Å². The van der Waals surface area contributed by atoms with Gasteiger partial charge in [0.05, 0.1) is 31.1 Å². The predicted octanol–water partition coefficient (Wildman–Crippen LogP) is 2.43.